The highest BCUT2D eigenvalue weighted by molar-refractivity contribution is 5.97. The minimum atomic E-state index is -0.285. The predicted octanol–water partition coefficient (Wildman–Crippen LogP) is 3.01. The van der Waals surface area contributed by atoms with Crippen LogP contribution in [0.1, 0.15) is 43.5 Å². The third-order valence-corrected chi connectivity index (χ3v) is 4.90. The van der Waals surface area contributed by atoms with E-state index in [1.165, 1.54) is 0 Å². The third kappa shape index (κ3) is 2.68. The summed E-state index contributed by atoms with van der Waals surface area (Å²) in [7, 11) is 0. The second-order valence-electron chi connectivity index (χ2n) is 6.76. The maximum atomic E-state index is 12.0. The third-order valence-electron chi connectivity index (χ3n) is 4.90. The Hall–Kier alpha value is -1.68. The molecule has 0 spiro atoms. The van der Waals surface area contributed by atoms with Gasteiger partial charge in [-0.2, -0.15) is 0 Å². The van der Waals surface area contributed by atoms with Crippen LogP contribution in [0.25, 0.3) is 0 Å². The summed E-state index contributed by atoms with van der Waals surface area (Å²) in [6.45, 7) is 4.90. The monoisotopic (exact) mass is 302 g/mol. The minimum absolute atomic E-state index is 0.0208. The van der Waals surface area contributed by atoms with E-state index in [1.807, 2.05) is 18.2 Å². The van der Waals surface area contributed by atoms with E-state index in [2.05, 4.69) is 13.8 Å². The zero-order chi connectivity index (χ0) is 15.7. The van der Waals surface area contributed by atoms with Crippen LogP contribution in [0.5, 0.6) is 0 Å². The first kappa shape index (κ1) is 15.2. The molecular weight excluding hydrogens is 280 g/mol. The Morgan fingerprint density at radius 3 is 2.68 bits per heavy atom. The van der Waals surface area contributed by atoms with Gasteiger partial charge >= 0.3 is 5.97 Å². The molecule has 4 nitrogen and oxygen atoms in total. The van der Waals surface area contributed by atoms with Gasteiger partial charge in [0.2, 0.25) is 0 Å². The van der Waals surface area contributed by atoms with Crippen molar-refractivity contribution in [3.8, 4) is 0 Å². The van der Waals surface area contributed by atoms with Gasteiger partial charge in [0, 0.05) is 29.9 Å². The number of carbonyl (C=O) groups excluding carboxylic acids is 2. The fraction of sp³-hybridized carbons (Fsp3) is 0.556. The first-order valence-corrected chi connectivity index (χ1v) is 7.89. The maximum absolute atomic E-state index is 12.0. The van der Waals surface area contributed by atoms with Crippen molar-refractivity contribution in [2.45, 2.75) is 45.3 Å². The summed E-state index contributed by atoms with van der Waals surface area (Å²) in [4.78, 5) is 24.0. The second kappa shape index (κ2) is 5.84. The molecule has 0 bridgehead atoms. The van der Waals surface area contributed by atoms with Crippen molar-refractivity contribution >= 4 is 11.8 Å². The Morgan fingerprint density at radius 2 is 1.95 bits per heavy atom. The molecule has 1 heterocycles. The lowest BCUT2D eigenvalue weighted by atomic mass is 9.59. The fourth-order valence-electron chi connectivity index (χ4n) is 3.70. The van der Waals surface area contributed by atoms with E-state index in [-0.39, 0.29) is 42.2 Å². The van der Waals surface area contributed by atoms with E-state index < -0.39 is 0 Å². The molecule has 3 unspecified atom stereocenters. The van der Waals surface area contributed by atoms with Crippen LogP contribution >= 0.6 is 0 Å². The molecule has 3 rings (SSSR count). The van der Waals surface area contributed by atoms with Gasteiger partial charge in [0.15, 0.2) is 5.78 Å². The Morgan fingerprint density at radius 1 is 1.23 bits per heavy atom. The van der Waals surface area contributed by atoms with E-state index in [9.17, 15) is 9.59 Å². The van der Waals surface area contributed by atoms with Gasteiger partial charge in [-0.25, -0.2) is 0 Å². The molecule has 0 N–H and O–H groups in total. The topological polar surface area (TPSA) is 52.6 Å². The van der Waals surface area contributed by atoms with Crippen molar-refractivity contribution in [3.05, 3.63) is 35.9 Å². The molecule has 0 amide bonds. The van der Waals surface area contributed by atoms with Gasteiger partial charge in [-0.15, -0.1) is 0 Å². The molecule has 1 aliphatic heterocycles. The van der Waals surface area contributed by atoms with Crippen LogP contribution in [0.2, 0.25) is 0 Å². The molecule has 2 fully saturated rings. The average molecular weight is 302 g/mol. The van der Waals surface area contributed by atoms with E-state index in [4.69, 9.17) is 9.47 Å². The van der Waals surface area contributed by atoms with Gasteiger partial charge in [0.25, 0.3) is 0 Å². The van der Waals surface area contributed by atoms with E-state index in [1.54, 1.807) is 12.1 Å². The van der Waals surface area contributed by atoms with Gasteiger partial charge in [-0.05, 0) is 6.42 Å². The first-order chi connectivity index (χ1) is 10.5. The lowest BCUT2D eigenvalue weighted by Crippen LogP contribution is -2.61. The van der Waals surface area contributed by atoms with Crippen LogP contribution in [0.15, 0.2) is 30.3 Å². The summed E-state index contributed by atoms with van der Waals surface area (Å²) >= 11 is 0. The van der Waals surface area contributed by atoms with Crippen molar-refractivity contribution in [2.75, 3.05) is 6.61 Å². The number of benzene rings is 1. The van der Waals surface area contributed by atoms with Crippen molar-refractivity contribution in [2.24, 2.45) is 11.3 Å². The number of rotatable bonds is 5. The van der Waals surface area contributed by atoms with Crippen molar-refractivity contribution < 1.29 is 19.1 Å². The van der Waals surface area contributed by atoms with Gasteiger partial charge in [-0.1, -0.05) is 44.2 Å². The number of esters is 1. The minimum Gasteiger partial charge on any atom is -0.461 e. The molecule has 1 saturated heterocycles. The molecule has 1 saturated carbocycles. The highest BCUT2D eigenvalue weighted by atomic mass is 16.6. The second-order valence-corrected chi connectivity index (χ2v) is 6.76. The number of ketones is 1. The average Bonchev–Trinajstić information content (AvgIpc) is 2.98. The van der Waals surface area contributed by atoms with Gasteiger partial charge in [-0.3, -0.25) is 9.59 Å². The quantitative estimate of drug-likeness (QED) is 0.620. The summed E-state index contributed by atoms with van der Waals surface area (Å²) in [5, 5.41) is 0. The normalized spacial score (nSPS) is 28.5. The first-order valence-electron chi connectivity index (χ1n) is 7.89. The number of hydrogen-bond acceptors (Lipinski definition) is 4. The lowest BCUT2D eigenvalue weighted by molar-refractivity contribution is -0.210. The molecular formula is C18H22O4. The Kier molecular flexibility index (Phi) is 4.04. The summed E-state index contributed by atoms with van der Waals surface area (Å²) in [5.74, 6) is 0.0176. The summed E-state index contributed by atoms with van der Waals surface area (Å²) < 4.78 is 11.3. The highest BCUT2D eigenvalue weighted by Gasteiger charge is 2.61. The van der Waals surface area contributed by atoms with Crippen LogP contribution in [0, 0.1) is 11.3 Å². The molecule has 1 aromatic rings. The zero-order valence-electron chi connectivity index (χ0n) is 13.1. The zero-order valence-corrected chi connectivity index (χ0v) is 13.1. The number of fused-ring (bicyclic) bond motifs is 1. The summed E-state index contributed by atoms with van der Waals surface area (Å²) in [5.41, 5.74) is 0.517. The van der Waals surface area contributed by atoms with Crippen LogP contribution in [0.4, 0.5) is 0 Å². The fourth-order valence-corrected chi connectivity index (χ4v) is 3.70. The van der Waals surface area contributed by atoms with Crippen LogP contribution in [-0.4, -0.2) is 30.6 Å². The molecule has 4 heteroatoms. The molecule has 0 aromatic heterocycles. The Labute approximate surface area is 130 Å². The maximum Gasteiger partial charge on any atom is 0.306 e. The van der Waals surface area contributed by atoms with Crippen molar-refractivity contribution in [1.29, 1.82) is 0 Å². The van der Waals surface area contributed by atoms with Gasteiger partial charge in [0.1, 0.15) is 6.10 Å². The van der Waals surface area contributed by atoms with Crippen molar-refractivity contribution in [3.63, 3.8) is 0 Å². The molecule has 22 heavy (non-hydrogen) atoms. The van der Waals surface area contributed by atoms with Crippen molar-refractivity contribution in [1.82, 2.24) is 0 Å². The van der Waals surface area contributed by atoms with Crippen LogP contribution < -0.4 is 0 Å². The Balaban J connectivity index is 1.50. The summed E-state index contributed by atoms with van der Waals surface area (Å²) in [6, 6.07) is 9.04. The molecule has 118 valence electrons. The molecule has 1 aromatic carbocycles. The van der Waals surface area contributed by atoms with E-state index in [0.29, 0.717) is 11.5 Å². The SMILES string of the molecule is CC1(C)C2OCCC2C1OC(=O)CCC(=O)c1ccccc1. The van der Waals surface area contributed by atoms with E-state index >= 15 is 0 Å². The summed E-state index contributed by atoms with van der Waals surface area (Å²) in [6.07, 6.45) is 1.41. The molecule has 3 atom stereocenters. The number of ether oxygens (including phenoxy) is 2. The number of Topliss-reactive ketones (excluding diaryl/α,β-unsaturated/α-hetero) is 1. The molecule has 1 aliphatic carbocycles. The standard InChI is InChI=1S/C18H22O4/c1-18(2)16-13(10-11-21-16)17(18)22-15(20)9-8-14(19)12-6-4-3-5-7-12/h3-7,13,16-17H,8-11H2,1-2H3. The molecule has 2 aliphatic rings. The smallest absolute Gasteiger partial charge is 0.306 e. The lowest BCUT2D eigenvalue weighted by Gasteiger charge is -2.53. The molecule has 0 radical (unpaired) electrons. The predicted molar refractivity (Wildman–Crippen MR) is 81.5 cm³/mol. The number of hydrogen-bond donors (Lipinski definition) is 0. The van der Waals surface area contributed by atoms with E-state index in [0.717, 1.165) is 13.0 Å². The van der Waals surface area contributed by atoms with Gasteiger partial charge in [0.05, 0.1) is 12.5 Å². The highest BCUT2D eigenvalue weighted by Crippen LogP contribution is 2.53. The largest absolute Gasteiger partial charge is 0.461 e. The Bertz CT molecular complexity index is 564. The number of carbonyl (C=O) groups is 2. The van der Waals surface area contributed by atoms with Gasteiger partial charge < -0.3 is 9.47 Å². The van der Waals surface area contributed by atoms with Crippen LogP contribution in [-0.2, 0) is 14.3 Å². The van der Waals surface area contributed by atoms with Crippen LogP contribution in [0.3, 0.4) is 0 Å².